The quantitative estimate of drug-likeness (QED) is 0.666. The average molecular weight is 187 g/mol. The third kappa shape index (κ3) is 1.46. The van der Waals surface area contributed by atoms with Crippen LogP contribution in [0.2, 0.25) is 0 Å². The minimum absolute atomic E-state index is 0.343. The standard InChI is InChI=1S/C8H11ClN2O/c9-5-7-10-8(12-11-7)6-3-1-2-4-6/h6H,1-5H2. The molecule has 1 fully saturated rings. The maximum atomic E-state index is 5.56. The molecule has 0 amide bonds. The highest BCUT2D eigenvalue weighted by Gasteiger charge is 2.22. The van der Waals surface area contributed by atoms with Crippen molar-refractivity contribution in [1.82, 2.24) is 10.1 Å². The SMILES string of the molecule is ClCc1noc(C2CCCC2)n1. The van der Waals surface area contributed by atoms with Crippen LogP contribution in [0.4, 0.5) is 0 Å². The van der Waals surface area contributed by atoms with Gasteiger partial charge in [-0.25, -0.2) is 0 Å². The lowest BCUT2D eigenvalue weighted by atomic mass is 10.1. The van der Waals surface area contributed by atoms with Crippen molar-refractivity contribution in [2.24, 2.45) is 0 Å². The molecule has 4 heteroatoms. The number of aromatic nitrogens is 2. The van der Waals surface area contributed by atoms with Crippen LogP contribution in [-0.4, -0.2) is 10.1 Å². The van der Waals surface area contributed by atoms with Gasteiger partial charge in [0.25, 0.3) is 0 Å². The highest BCUT2D eigenvalue weighted by Crippen LogP contribution is 2.32. The van der Waals surface area contributed by atoms with Crippen molar-refractivity contribution in [3.63, 3.8) is 0 Å². The molecule has 0 spiro atoms. The first-order valence-electron chi connectivity index (χ1n) is 4.28. The summed E-state index contributed by atoms with van der Waals surface area (Å²) in [4.78, 5) is 4.20. The fourth-order valence-corrected chi connectivity index (χ4v) is 1.77. The molecule has 0 aromatic carbocycles. The maximum absolute atomic E-state index is 5.56. The van der Waals surface area contributed by atoms with Gasteiger partial charge < -0.3 is 4.52 Å². The summed E-state index contributed by atoms with van der Waals surface area (Å²) in [5.74, 6) is 2.23. The Labute approximate surface area is 76.1 Å². The van der Waals surface area contributed by atoms with Crippen molar-refractivity contribution in [2.75, 3.05) is 0 Å². The first-order chi connectivity index (χ1) is 5.90. The van der Waals surface area contributed by atoms with Crippen molar-refractivity contribution in [3.05, 3.63) is 11.7 Å². The summed E-state index contributed by atoms with van der Waals surface area (Å²) >= 11 is 5.56. The molecule has 1 aliphatic carbocycles. The molecule has 2 rings (SSSR count). The number of nitrogens with zero attached hydrogens (tertiary/aromatic N) is 2. The van der Waals surface area contributed by atoms with Gasteiger partial charge in [0, 0.05) is 5.92 Å². The smallest absolute Gasteiger partial charge is 0.229 e. The summed E-state index contributed by atoms with van der Waals surface area (Å²) in [5, 5.41) is 3.76. The van der Waals surface area contributed by atoms with Crippen molar-refractivity contribution in [1.29, 1.82) is 0 Å². The van der Waals surface area contributed by atoms with E-state index in [4.69, 9.17) is 16.1 Å². The Morgan fingerprint density at radius 1 is 1.42 bits per heavy atom. The molecule has 0 radical (unpaired) electrons. The number of rotatable bonds is 2. The van der Waals surface area contributed by atoms with Crippen molar-refractivity contribution in [3.8, 4) is 0 Å². The predicted molar refractivity (Wildman–Crippen MR) is 45.1 cm³/mol. The van der Waals surface area contributed by atoms with Crippen LogP contribution in [0.25, 0.3) is 0 Å². The summed E-state index contributed by atoms with van der Waals surface area (Å²) in [7, 11) is 0. The van der Waals surface area contributed by atoms with Gasteiger partial charge in [-0.15, -0.1) is 11.6 Å². The first-order valence-corrected chi connectivity index (χ1v) is 4.82. The summed E-state index contributed by atoms with van der Waals surface area (Å²) in [6, 6.07) is 0. The van der Waals surface area contributed by atoms with Crippen LogP contribution in [0.15, 0.2) is 4.52 Å². The van der Waals surface area contributed by atoms with E-state index in [0.29, 0.717) is 17.6 Å². The van der Waals surface area contributed by atoms with Gasteiger partial charge >= 0.3 is 0 Å². The van der Waals surface area contributed by atoms with Crippen LogP contribution in [0, 0.1) is 0 Å². The lowest BCUT2D eigenvalue weighted by Crippen LogP contribution is -1.92. The van der Waals surface area contributed by atoms with Gasteiger partial charge in [-0.2, -0.15) is 4.98 Å². The van der Waals surface area contributed by atoms with E-state index in [-0.39, 0.29) is 0 Å². The Bertz CT molecular complexity index is 255. The van der Waals surface area contributed by atoms with Crippen LogP contribution >= 0.6 is 11.6 Å². The second kappa shape index (κ2) is 3.44. The molecule has 0 aliphatic heterocycles. The molecule has 0 atom stereocenters. The van der Waals surface area contributed by atoms with Crippen LogP contribution < -0.4 is 0 Å². The van der Waals surface area contributed by atoms with E-state index in [2.05, 4.69) is 10.1 Å². The van der Waals surface area contributed by atoms with Gasteiger partial charge in [0.05, 0.1) is 5.88 Å². The van der Waals surface area contributed by atoms with Gasteiger partial charge in [-0.3, -0.25) is 0 Å². The fourth-order valence-electron chi connectivity index (χ4n) is 1.66. The lowest BCUT2D eigenvalue weighted by Gasteiger charge is -1.98. The Morgan fingerprint density at radius 2 is 2.17 bits per heavy atom. The van der Waals surface area contributed by atoms with Gasteiger partial charge in [0.2, 0.25) is 5.89 Å². The Morgan fingerprint density at radius 3 is 2.75 bits per heavy atom. The van der Waals surface area contributed by atoms with Gasteiger partial charge in [-0.05, 0) is 12.8 Å². The minimum atomic E-state index is 0.343. The third-order valence-corrected chi connectivity index (χ3v) is 2.55. The Balaban J connectivity index is 2.11. The topological polar surface area (TPSA) is 38.9 Å². The zero-order chi connectivity index (χ0) is 8.39. The summed E-state index contributed by atoms with van der Waals surface area (Å²) in [6.45, 7) is 0. The fraction of sp³-hybridized carbons (Fsp3) is 0.750. The molecule has 3 nitrogen and oxygen atoms in total. The molecule has 1 aromatic rings. The molecule has 0 N–H and O–H groups in total. The molecular weight excluding hydrogens is 176 g/mol. The van der Waals surface area contributed by atoms with Crippen molar-refractivity contribution in [2.45, 2.75) is 37.5 Å². The monoisotopic (exact) mass is 186 g/mol. The Hall–Kier alpha value is -0.570. The van der Waals surface area contributed by atoms with Gasteiger partial charge in [0.15, 0.2) is 5.82 Å². The predicted octanol–water partition coefficient (Wildman–Crippen LogP) is 2.47. The van der Waals surface area contributed by atoms with E-state index in [0.717, 1.165) is 5.89 Å². The zero-order valence-corrected chi connectivity index (χ0v) is 7.55. The summed E-state index contributed by atoms with van der Waals surface area (Å²) < 4.78 is 5.09. The molecule has 12 heavy (non-hydrogen) atoms. The molecule has 0 bridgehead atoms. The van der Waals surface area contributed by atoms with E-state index >= 15 is 0 Å². The molecule has 1 heterocycles. The van der Waals surface area contributed by atoms with E-state index in [1.165, 1.54) is 25.7 Å². The van der Waals surface area contributed by atoms with Gasteiger partial charge in [-0.1, -0.05) is 18.0 Å². The zero-order valence-electron chi connectivity index (χ0n) is 6.79. The number of alkyl halides is 1. The molecule has 1 aromatic heterocycles. The van der Waals surface area contributed by atoms with Crippen LogP contribution in [-0.2, 0) is 5.88 Å². The van der Waals surface area contributed by atoms with E-state index < -0.39 is 0 Å². The first kappa shape index (κ1) is 8.05. The number of hydrogen-bond acceptors (Lipinski definition) is 3. The van der Waals surface area contributed by atoms with Crippen LogP contribution in [0.3, 0.4) is 0 Å². The normalized spacial score (nSPS) is 18.8. The highest BCUT2D eigenvalue weighted by atomic mass is 35.5. The Kier molecular flexibility index (Phi) is 2.30. The summed E-state index contributed by atoms with van der Waals surface area (Å²) in [6.07, 6.45) is 4.93. The molecule has 0 unspecified atom stereocenters. The van der Waals surface area contributed by atoms with Crippen LogP contribution in [0.5, 0.6) is 0 Å². The van der Waals surface area contributed by atoms with Crippen molar-refractivity contribution < 1.29 is 4.52 Å². The van der Waals surface area contributed by atoms with E-state index in [1.54, 1.807) is 0 Å². The second-order valence-electron chi connectivity index (χ2n) is 3.16. The van der Waals surface area contributed by atoms with Crippen molar-refractivity contribution >= 4 is 11.6 Å². The van der Waals surface area contributed by atoms with Gasteiger partial charge in [0.1, 0.15) is 0 Å². The molecule has 66 valence electrons. The largest absolute Gasteiger partial charge is 0.339 e. The number of hydrogen-bond donors (Lipinski definition) is 0. The number of halogens is 1. The lowest BCUT2D eigenvalue weighted by molar-refractivity contribution is 0.351. The third-order valence-electron chi connectivity index (χ3n) is 2.31. The second-order valence-corrected chi connectivity index (χ2v) is 3.43. The molecule has 0 saturated heterocycles. The maximum Gasteiger partial charge on any atom is 0.229 e. The highest BCUT2D eigenvalue weighted by molar-refractivity contribution is 6.16. The minimum Gasteiger partial charge on any atom is -0.339 e. The van der Waals surface area contributed by atoms with Crippen LogP contribution in [0.1, 0.15) is 43.3 Å². The molecular formula is C8H11ClN2O. The molecule has 1 aliphatic rings. The molecule has 1 saturated carbocycles. The average Bonchev–Trinajstić information content (AvgIpc) is 2.75. The van der Waals surface area contributed by atoms with E-state index in [9.17, 15) is 0 Å². The van der Waals surface area contributed by atoms with E-state index in [1.807, 2.05) is 0 Å². The summed E-state index contributed by atoms with van der Waals surface area (Å²) in [5.41, 5.74) is 0.